The van der Waals surface area contributed by atoms with Gasteiger partial charge in [0.1, 0.15) is 6.42 Å². The summed E-state index contributed by atoms with van der Waals surface area (Å²) in [4.78, 5) is 35.1. The Labute approximate surface area is 145 Å². The summed E-state index contributed by atoms with van der Waals surface area (Å²) >= 11 is 0. The fraction of sp³-hybridized carbons (Fsp3) is 0.444. The largest absolute Gasteiger partial charge is 0.339 e. The molecule has 1 fully saturated rings. The predicted molar refractivity (Wildman–Crippen MR) is 93.8 cm³/mol. The zero-order valence-corrected chi connectivity index (χ0v) is 14.3. The Hall–Kier alpha value is -2.72. The minimum atomic E-state index is -0.0983. The molecule has 0 unspecified atom stereocenters. The van der Waals surface area contributed by atoms with Gasteiger partial charge >= 0.3 is 0 Å². The van der Waals surface area contributed by atoms with E-state index in [4.69, 9.17) is 5.26 Å². The van der Waals surface area contributed by atoms with E-state index in [1.807, 2.05) is 31.3 Å². The molecule has 0 saturated carbocycles. The number of aromatic amines is 1. The summed E-state index contributed by atoms with van der Waals surface area (Å²) < 4.78 is 0. The second kappa shape index (κ2) is 7.45. The van der Waals surface area contributed by atoms with Crippen LogP contribution < -0.4 is 5.56 Å². The number of fused-ring (bicyclic) bond motifs is 1. The maximum atomic E-state index is 12.0. The summed E-state index contributed by atoms with van der Waals surface area (Å²) in [5.74, 6) is -0.0983. The summed E-state index contributed by atoms with van der Waals surface area (Å²) in [5, 5.41) is 8.61. The fourth-order valence-corrected chi connectivity index (χ4v) is 3.11. The lowest BCUT2D eigenvalue weighted by molar-refractivity contribution is -0.131. The number of hydrogen-bond acceptors (Lipinski definition) is 5. The van der Waals surface area contributed by atoms with Crippen LogP contribution in [0, 0.1) is 11.3 Å². The molecule has 7 nitrogen and oxygen atoms in total. The van der Waals surface area contributed by atoms with Crippen molar-refractivity contribution in [1.82, 2.24) is 19.8 Å². The molecule has 0 spiro atoms. The van der Waals surface area contributed by atoms with Gasteiger partial charge in [-0.05, 0) is 24.1 Å². The summed E-state index contributed by atoms with van der Waals surface area (Å²) in [5.41, 5.74) is 3.27. The molecule has 2 aromatic heterocycles. The molecule has 2 aromatic rings. The Morgan fingerprint density at radius 1 is 1.32 bits per heavy atom. The highest BCUT2D eigenvalue weighted by Crippen LogP contribution is 2.14. The van der Waals surface area contributed by atoms with Gasteiger partial charge in [0.25, 0.3) is 5.56 Å². The molecular weight excluding hydrogens is 318 g/mol. The minimum absolute atomic E-state index is 0.0539. The van der Waals surface area contributed by atoms with Gasteiger partial charge in [0.2, 0.25) is 5.91 Å². The maximum Gasteiger partial charge on any atom is 0.251 e. The van der Waals surface area contributed by atoms with Crippen LogP contribution >= 0.6 is 0 Å². The highest BCUT2D eigenvalue weighted by atomic mass is 16.2. The Balaban J connectivity index is 1.67. The quantitative estimate of drug-likeness (QED) is 0.898. The van der Waals surface area contributed by atoms with Gasteiger partial charge in [0.05, 0.1) is 17.1 Å². The van der Waals surface area contributed by atoms with E-state index in [1.165, 1.54) is 0 Å². The van der Waals surface area contributed by atoms with Gasteiger partial charge in [0.15, 0.2) is 0 Å². The molecular formula is C18H21N5O2. The lowest BCUT2D eigenvalue weighted by atomic mass is 10.1. The van der Waals surface area contributed by atoms with Crippen molar-refractivity contribution in [2.24, 2.45) is 0 Å². The van der Waals surface area contributed by atoms with E-state index in [0.717, 1.165) is 41.8 Å². The monoisotopic (exact) mass is 339 g/mol. The van der Waals surface area contributed by atoms with Crippen molar-refractivity contribution in [2.75, 3.05) is 26.2 Å². The smallest absolute Gasteiger partial charge is 0.251 e. The van der Waals surface area contributed by atoms with Gasteiger partial charge < -0.3 is 9.88 Å². The third-order valence-corrected chi connectivity index (χ3v) is 4.57. The molecule has 1 aliphatic rings. The van der Waals surface area contributed by atoms with Crippen LogP contribution in [0.3, 0.4) is 0 Å². The molecule has 3 rings (SSSR count). The van der Waals surface area contributed by atoms with Crippen LogP contribution in [0.1, 0.15) is 24.5 Å². The van der Waals surface area contributed by atoms with Crippen LogP contribution in [-0.4, -0.2) is 51.9 Å². The zero-order chi connectivity index (χ0) is 17.8. The highest BCUT2D eigenvalue weighted by molar-refractivity contribution is 5.78. The molecule has 7 heteroatoms. The lowest BCUT2D eigenvalue weighted by Crippen LogP contribution is -2.48. The number of piperazine rings is 1. The molecule has 0 atom stereocenters. The van der Waals surface area contributed by atoms with Crippen molar-refractivity contribution < 1.29 is 4.79 Å². The van der Waals surface area contributed by atoms with E-state index in [0.29, 0.717) is 19.5 Å². The molecule has 0 bridgehead atoms. The van der Waals surface area contributed by atoms with Crippen LogP contribution in [0.15, 0.2) is 23.1 Å². The third kappa shape index (κ3) is 3.86. The minimum Gasteiger partial charge on any atom is -0.339 e. The first-order valence-electron chi connectivity index (χ1n) is 8.48. The van der Waals surface area contributed by atoms with E-state index in [-0.39, 0.29) is 17.9 Å². The number of carbonyl (C=O) groups excluding carboxylic acids is 1. The van der Waals surface area contributed by atoms with Crippen molar-refractivity contribution in [3.05, 3.63) is 39.8 Å². The number of nitrogens with one attached hydrogen (secondary N) is 1. The average Bonchev–Trinajstić information content (AvgIpc) is 2.62. The molecule has 130 valence electrons. The number of aryl methyl sites for hydroxylation is 1. The Morgan fingerprint density at radius 2 is 2.08 bits per heavy atom. The number of amides is 1. The molecule has 0 radical (unpaired) electrons. The SMILES string of the molecule is CCc1cc2ncc(CN3CCN(C(=O)CC#N)CC3)cc2[nH]c1=O. The third-order valence-electron chi connectivity index (χ3n) is 4.57. The number of H-pyrrole nitrogens is 1. The number of nitriles is 1. The zero-order valence-electron chi connectivity index (χ0n) is 14.3. The Morgan fingerprint density at radius 3 is 2.76 bits per heavy atom. The van der Waals surface area contributed by atoms with Crippen molar-refractivity contribution >= 4 is 16.9 Å². The maximum absolute atomic E-state index is 12.0. The van der Waals surface area contributed by atoms with Gasteiger partial charge in [-0.15, -0.1) is 0 Å². The first-order valence-corrected chi connectivity index (χ1v) is 8.48. The Bertz CT molecular complexity index is 875. The molecule has 3 heterocycles. The number of aromatic nitrogens is 2. The average molecular weight is 339 g/mol. The van der Waals surface area contributed by atoms with Crippen LogP contribution in [-0.2, 0) is 17.8 Å². The highest BCUT2D eigenvalue weighted by Gasteiger charge is 2.20. The summed E-state index contributed by atoms with van der Waals surface area (Å²) in [6.45, 7) is 5.48. The lowest BCUT2D eigenvalue weighted by Gasteiger charge is -2.34. The topological polar surface area (TPSA) is 93.1 Å². The second-order valence-electron chi connectivity index (χ2n) is 6.25. The summed E-state index contributed by atoms with van der Waals surface area (Å²) in [6, 6.07) is 5.72. The molecule has 1 aliphatic heterocycles. The van der Waals surface area contributed by atoms with Crippen molar-refractivity contribution in [2.45, 2.75) is 26.3 Å². The second-order valence-corrected chi connectivity index (χ2v) is 6.25. The summed E-state index contributed by atoms with van der Waals surface area (Å²) in [7, 11) is 0. The van der Waals surface area contributed by atoms with E-state index < -0.39 is 0 Å². The molecule has 1 N–H and O–H groups in total. The van der Waals surface area contributed by atoms with Gasteiger partial charge in [-0.3, -0.25) is 19.5 Å². The molecule has 1 saturated heterocycles. The Kier molecular flexibility index (Phi) is 5.10. The molecule has 25 heavy (non-hydrogen) atoms. The van der Waals surface area contributed by atoms with Crippen molar-refractivity contribution in [3.63, 3.8) is 0 Å². The van der Waals surface area contributed by atoms with E-state index >= 15 is 0 Å². The van der Waals surface area contributed by atoms with E-state index in [9.17, 15) is 9.59 Å². The van der Waals surface area contributed by atoms with Crippen molar-refractivity contribution in [3.8, 4) is 6.07 Å². The van der Waals surface area contributed by atoms with Gasteiger partial charge in [0, 0.05) is 44.5 Å². The number of hydrogen-bond donors (Lipinski definition) is 1. The molecule has 1 amide bonds. The fourth-order valence-electron chi connectivity index (χ4n) is 3.11. The summed E-state index contributed by atoms with van der Waals surface area (Å²) in [6.07, 6.45) is 2.47. The number of carbonyl (C=O) groups is 1. The van der Waals surface area contributed by atoms with Gasteiger partial charge in [-0.1, -0.05) is 6.92 Å². The van der Waals surface area contributed by atoms with Crippen LogP contribution in [0.5, 0.6) is 0 Å². The molecule has 0 aliphatic carbocycles. The molecule has 0 aromatic carbocycles. The predicted octanol–water partition coefficient (Wildman–Crippen LogP) is 1.04. The van der Waals surface area contributed by atoms with Gasteiger partial charge in [-0.2, -0.15) is 5.26 Å². The number of nitrogens with zero attached hydrogens (tertiary/aromatic N) is 4. The first-order chi connectivity index (χ1) is 12.1. The van der Waals surface area contributed by atoms with Gasteiger partial charge in [-0.25, -0.2) is 0 Å². The standard InChI is InChI=1S/C18H21N5O2/c1-2-14-10-15-16(21-18(14)25)9-13(11-20-15)12-22-5-7-23(8-6-22)17(24)3-4-19/h9-11H,2-3,5-8,12H2,1H3,(H,21,25). The number of rotatable bonds is 4. The number of pyridine rings is 2. The normalized spacial score (nSPS) is 15.3. The van der Waals surface area contributed by atoms with Crippen LogP contribution in [0.4, 0.5) is 0 Å². The van der Waals surface area contributed by atoms with Crippen LogP contribution in [0.2, 0.25) is 0 Å². The van der Waals surface area contributed by atoms with Crippen molar-refractivity contribution in [1.29, 1.82) is 5.26 Å². The van der Waals surface area contributed by atoms with Crippen LogP contribution in [0.25, 0.3) is 11.0 Å². The first kappa shape index (κ1) is 17.1. The van der Waals surface area contributed by atoms with E-state index in [1.54, 1.807) is 4.90 Å². The van der Waals surface area contributed by atoms with E-state index in [2.05, 4.69) is 14.9 Å².